The minimum atomic E-state index is -0.920. The molecule has 2 heteroatoms. The standard InChI is InChI=1S/C12H22O2/c1-3-4-5-6-7-8-9-10-11(2)12(13)14/h3,11H,1,4-10H2,2H3,(H,13,14)/p-1. The first-order valence-electron chi connectivity index (χ1n) is 5.50. The molecule has 0 radical (unpaired) electrons. The average Bonchev–Trinajstić information content (AvgIpc) is 2.16. The van der Waals surface area contributed by atoms with E-state index in [1.54, 1.807) is 6.92 Å². The molecule has 0 aliphatic heterocycles. The summed E-state index contributed by atoms with van der Waals surface area (Å²) in [5.74, 6) is -1.21. The molecular weight excluding hydrogens is 176 g/mol. The Kier molecular flexibility index (Phi) is 8.30. The van der Waals surface area contributed by atoms with Gasteiger partial charge in [0.1, 0.15) is 0 Å². The molecule has 0 saturated carbocycles. The van der Waals surface area contributed by atoms with Gasteiger partial charge in [-0.25, -0.2) is 0 Å². The second-order valence-corrected chi connectivity index (χ2v) is 3.85. The average molecular weight is 197 g/mol. The van der Waals surface area contributed by atoms with E-state index in [0.717, 1.165) is 25.7 Å². The van der Waals surface area contributed by atoms with Gasteiger partial charge in [-0.05, 0) is 25.2 Å². The van der Waals surface area contributed by atoms with Crippen LogP contribution in [0, 0.1) is 5.92 Å². The Morgan fingerprint density at radius 2 is 1.86 bits per heavy atom. The first kappa shape index (κ1) is 13.2. The fraction of sp³-hybridized carbons (Fsp3) is 0.750. The molecule has 1 unspecified atom stereocenters. The third-order valence-electron chi connectivity index (χ3n) is 2.45. The van der Waals surface area contributed by atoms with Gasteiger partial charge >= 0.3 is 0 Å². The van der Waals surface area contributed by atoms with Gasteiger partial charge in [-0.1, -0.05) is 38.7 Å². The van der Waals surface area contributed by atoms with E-state index in [1.165, 1.54) is 19.3 Å². The summed E-state index contributed by atoms with van der Waals surface area (Å²) in [5, 5.41) is 10.4. The van der Waals surface area contributed by atoms with Crippen molar-refractivity contribution in [3.05, 3.63) is 12.7 Å². The monoisotopic (exact) mass is 197 g/mol. The van der Waals surface area contributed by atoms with E-state index >= 15 is 0 Å². The third-order valence-corrected chi connectivity index (χ3v) is 2.45. The summed E-state index contributed by atoms with van der Waals surface area (Å²) in [6, 6.07) is 0. The summed E-state index contributed by atoms with van der Waals surface area (Å²) < 4.78 is 0. The minimum absolute atomic E-state index is 0.289. The number of carbonyl (C=O) groups is 1. The van der Waals surface area contributed by atoms with Crippen molar-refractivity contribution >= 4 is 5.97 Å². The number of carboxylic acid groups (broad SMARTS) is 1. The van der Waals surface area contributed by atoms with Crippen LogP contribution in [0.5, 0.6) is 0 Å². The van der Waals surface area contributed by atoms with Crippen LogP contribution in [-0.4, -0.2) is 5.97 Å². The number of unbranched alkanes of at least 4 members (excludes halogenated alkanes) is 5. The lowest BCUT2D eigenvalue weighted by Crippen LogP contribution is -2.29. The van der Waals surface area contributed by atoms with Crippen LogP contribution in [0.3, 0.4) is 0 Å². The molecule has 0 heterocycles. The summed E-state index contributed by atoms with van der Waals surface area (Å²) in [5.41, 5.74) is 0. The van der Waals surface area contributed by atoms with Crippen molar-refractivity contribution < 1.29 is 9.90 Å². The van der Waals surface area contributed by atoms with Crippen LogP contribution in [0.2, 0.25) is 0 Å². The summed E-state index contributed by atoms with van der Waals surface area (Å²) in [4.78, 5) is 10.4. The molecular formula is C12H21O2-. The summed E-state index contributed by atoms with van der Waals surface area (Å²) in [7, 11) is 0. The molecule has 2 nitrogen and oxygen atoms in total. The van der Waals surface area contributed by atoms with Gasteiger partial charge in [0, 0.05) is 5.97 Å². The molecule has 0 rings (SSSR count). The Morgan fingerprint density at radius 1 is 1.29 bits per heavy atom. The first-order chi connectivity index (χ1) is 6.68. The smallest absolute Gasteiger partial charge is 0.0442 e. The lowest BCUT2D eigenvalue weighted by atomic mass is 10.0. The van der Waals surface area contributed by atoms with Gasteiger partial charge in [0.2, 0.25) is 0 Å². The zero-order chi connectivity index (χ0) is 10.8. The molecule has 0 spiro atoms. The molecule has 0 aliphatic rings. The Balaban J connectivity index is 3.13. The first-order valence-corrected chi connectivity index (χ1v) is 5.50. The molecule has 0 fully saturated rings. The van der Waals surface area contributed by atoms with Crippen LogP contribution in [0.4, 0.5) is 0 Å². The molecule has 82 valence electrons. The third kappa shape index (κ3) is 7.84. The van der Waals surface area contributed by atoms with Crippen molar-refractivity contribution in [1.29, 1.82) is 0 Å². The molecule has 0 aromatic carbocycles. The van der Waals surface area contributed by atoms with E-state index in [1.807, 2.05) is 6.08 Å². The fourth-order valence-electron chi connectivity index (χ4n) is 1.39. The molecule has 0 aromatic heterocycles. The van der Waals surface area contributed by atoms with E-state index in [9.17, 15) is 9.90 Å². The maximum absolute atomic E-state index is 10.4. The Labute approximate surface area is 87.0 Å². The van der Waals surface area contributed by atoms with Crippen LogP contribution in [0.15, 0.2) is 12.7 Å². The molecule has 0 aliphatic carbocycles. The highest BCUT2D eigenvalue weighted by molar-refractivity contribution is 5.66. The van der Waals surface area contributed by atoms with E-state index in [2.05, 4.69) is 6.58 Å². The van der Waals surface area contributed by atoms with Crippen LogP contribution >= 0.6 is 0 Å². The number of allylic oxidation sites excluding steroid dienone is 1. The number of hydrogen-bond acceptors (Lipinski definition) is 2. The zero-order valence-electron chi connectivity index (χ0n) is 9.13. The molecule has 1 atom stereocenters. The topological polar surface area (TPSA) is 40.1 Å². The van der Waals surface area contributed by atoms with Crippen LogP contribution in [0.1, 0.15) is 51.9 Å². The van der Waals surface area contributed by atoms with E-state index in [-0.39, 0.29) is 5.92 Å². The molecule has 0 aromatic rings. The van der Waals surface area contributed by atoms with Gasteiger partial charge < -0.3 is 9.90 Å². The van der Waals surface area contributed by atoms with Gasteiger partial charge in [-0.3, -0.25) is 0 Å². The Hall–Kier alpha value is -0.790. The number of carboxylic acids is 1. The van der Waals surface area contributed by atoms with Crippen molar-refractivity contribution in [3.8, 4) is 0 Å². The van der Waals surface area contributed by atoms with E-state index < -0.39 is 5.97 Å². The van der Waals surface area contributed by atoms with E-state index in [0.29, 0.717) is 0 Å². The van der Waals surface area contributed by atoms with Crippen LogP contribution in [-0.2, 0) is 4.79 Å². The summed E-state index contributed by atoms with van der Waals surface area (Å²) >= 11 is 0. The van der Waals surface area contributed by atoms with Gasteiger partial charge in [-0.2, -0.15) is 0 Å². The molecule has 0 bridgehead atoms. The Morgan fingerprint density at radius 3 is 2.43 bits per heavy atom. The fourth-order valence-corrected chi connectivity index (χ4v) is 1.39. The quantitative estimate of drug-likeness (QED) is 0.420. The number of hydrogen-bond donors (Lipinski definition) is 0. The largest absolute Gasteiger partial charge is 0.550 e. The van der Waals surface area contributed by atoms with Gasteiger partial charge in [0.05, 0.1) is 0 Å². The predicted octanol–water partition coefficient (Wildman–Crippen LogP) is 2.29. The van der Waals surface area contributed by atoms with Crippen LogP contribution in [0.25, 0.3) is 0 Å². The Bertz CT molecular complexity index is 164. The number of aliphatic carboxylic acids is 1. The van der Waals surface area contributed by atoms with Gasteiger partial charge in [0.25, 0.3) is 0 Å². The SMILES string of the molecule is C=CCCCCCCCC(C)C(=O)[O-]. The zero-order valence-corrected chi connectivity index (χ0v) is 9.13. The summed E-state index contributed by atoms with van der Waals surface area (Å²) in [6.07, 6.45) is 9.56. The van der Waals surface area contributed by atoms with Crippen LogP contribution < -0.4 is 5.11 Å². The lowest BCUT2D eigenvalue weighted by Gasteiger charge is -2.11. The molecule has 0 amide bonds. The lowest BCUT2D eigenvalue weighted by molar-refractivity contribution is -0.311. The number of rotatable bonds is 9. The van der Waals surface area contributed by atoms with Crippen molar-refractivity contribution in [2.75, 3.05) is 0 Å². The van der Waals surface area contributed by atoms with E-state index in [4.69, 9.17) is 0 Å². The predicted molar refractivity (Wildman–Crippen MR) is 56.7 cm³/mol. The summed E-state index contributed by atoms with van der Waals surface area (Å²) in [6.45, 7) is 5.38. The molecule has 0 N–H and O–H groups in total. The van der Waals surface area contributed by atoms with Crippen molar-refractivity contribution in [1.82, 2.24) is 0 Å². The highest BCUT2D eigenvalue weighted by Gasteiger charge is 2.01. The van der Waals surface area contributed by atoms with Crippen molar-refractivity contribution in [2.24, 2.45) is 5.92 Å². The highest BCUT2D eigenvalue weighted by Crippen LogP contribution is 2.11. The van der Waals surface area contributed by atoms with Crippen molar-refractivity contribution in [2.45, 2.75) is 51.9 Å². The maximum atomic E-state index is 10.4. The second-order valence-electron chi connectivity index (χ2n) is 3.85. The van der Waals surface area contributed by atoms with Gasteiger partial charge in [-0.15, -0.1) is 6.58 Å². The van der Waals surface area contributed by atoms with Gasteiger partial charge in [0.15, 0.2) is 0 Å². The second kappa shape index (κ2) is 8.79. The maximum Gasteiger partial charge on any atom is 0.0442 e. The highest BCUT2D eigenvalue weighted by atomic mass is 16.4. The number of carbonyl (C=O) groups excluding carboxylic acids is 1. The molecule has 14 heavy (non-hydrogen) atoms. The minimum Gasteiger partial charge on any atom is -0.550 e. The molecule has 0 saturated heterocycles. The van der Waals surface area contributed by atoms with Crippen molar-refractivity contribution in [3.63, 3.8) is 0 Å². The normalized spacial score (nSPS) is 12.4.